The first-order chi connectivity index (χ1) is 6.72. The lowest BCUT2D eigenvalue weighted by Gasteiger charge is -2.11. The maximum atomic E-state index is 11.2. The van der Waals surface area contributed by atoms with Gasteiger partial charge in [0.2, 0.25) is 5.91 Å². The molecule has 1 aromatic rings. The van der Waals surface area contributed by atoms with Crippen LogP contribution in [-0.2, 0) is 24.3 Å². The minimum Gasteiger partial charge on any atom is -0.334 e. The minimum absolute atomic E-state index is 0.170. The number of benzene rings is 1. The van der Waals surface area contributed by atoms with Gasteiger partial charge in [-0.2, -0.15) is 0 Å². The van der Waals surface area contributed by atoms with Crippen LogP contribution in [0.5, 0.6) is 0 Å². The van der Waals surface area contributed by atoms with E-state index < -0.39 is 0 Å². The molecule has 1 aliphatic heterocycles. The molecule has 14 heavy (non-hydrogen) atoms. The fourth-order valence-corrected chi connectivity index (χ4v) is 2.05. The van der Waals surface area contributed by atoms with Crippen molar-refractivity contribution in [3.05, 3.63) is 34.9 Å². The molecule has 2 nitrogen and oxygen atoms in total. The molecule has 0 bridgehead atoms. The molecule has 74 valence electrons. The summed E-state index contributed by atoms with van der Waals surface area (Å²) in [6, 6.07) is 6.36. The lowest BCUT2D eigenvalue weighted by molar-refractivity contribution is -0.129. The summed E-state index contributed by atoms with van der Waals surface area (Å²) in [5, 5.41) is 0. The van der Waals surface area contributed by atoms with Crippen molar-refractivity contribution in [2.45, 2.75) is 33.4 Å². The zero-order chi connectivity index (χ0) is 10.1. The molecule has 0 aliphatic carbocycles. The van der Waals surface area contributed by atoms with Crippen LogP contribution in [0.2, 0.25) is 0 Å². The SMILES string of the molecule is CCc1cccc2c1CN(C(C)=O)C2. The molecule has 2 heteroatoms. The number of hydrogen-bond acceptors (Lipinski definition) is 1. The van der Waals surface area contributed by atoms with Gasteiger partial charge in [0.25, 0.3) is 0 Å². The molecule has 0 spiro atoms. The van der Waals surface area contributed by atoms with E-state index >= 15 is 0 Å². The van der Waals surface area contributed by atoms with E-state index in [-0.39, 0.29) is 5.91 Å². The molecular weight excluding hydrogens is 174 g/mol. The molecule has 1 heterocycles. The zero-order valence-corrected chi connectivity index (χ0v) is 8.71. The van der Waals surface area contributed by atoms with Gasteiger partial charge in [-0.05, 0) is 23.1 Å². The number of amides is 1. The molecule has 0 saturated heterocycles. The van der Waals surface area contributed by atoms with Gasteiger partial charge in [0, 0.05) is 20.0 Å². The molecule has 0 fully saturated rings. The highest BCUT2D eigenvalue weighted by Gasteiger charge is 2.22. The summed E-state index contributed by atoms with van der Waals surface area (Å²) in [5.74, 6) is 0.170. The average Bonchev–Trinajstić information content (AvgIpc) is 2.60. The minimum atomic E-state index is 0.170. The Morgan fingerprint density at radius 3 is 2.86 bits per heavy atom. The Balaban J connectivity index is 2.34. The fraction of sp³-hybridized carbons (Fsp3) is 0.417. The normalized spacial score (nSPS) is 14.3. The largest absolute Gasteiger partial charge is 0.334 e. The number of carbonyl (C=O) groups is 1. The van der Waals surface area contributed by atoms with Crippen molar-refractivity contribution in [1.82, 2.24) is 4.90 Å². The van der Waals surface area contributed by atoms with E-state index in [9.17, 15) is 4.79 Å². The zero-order valence-electron chi connectivity index (χ0n) is 8.71. The van der Waals surface area contributed by atoms with E-state index in [0.717, 1.165) is 19.5 Å². The maximum absolute atomic E-state index is 11.2. The summed E-state index contributed by atoms with van der Waals surface area (Å²) < 4.78 is 0. The van der Waals surface area contributed by atoms with Crippen molar-refractivity contribution >= 4 is 5.91 Å². The van der Waals surface area contributed by atoms with Gasteiger partial charge in [-0.25, -0.2) is 0 Å². The van der Waals surface area contributed by atoms with Gasteiger partial charge in [0.05, 0.1) is 0 Å². The van der Waals surface area contributed by atoms with Crippen LogP contribution in [0.4, 0.5) is 0 Å². The van der Waals surface area contributed by atoms with Crippen LogP contribution in [0.1, 0.15) is 30.5 Å². The highest BCUT2D eigenvalue weighted by atomic mass is 16.2. The van der Waals surface area contributed by atoms with Crippen LogP contribution >= 0.6 is 0 Å². The quantitative estimate of drug-likeness (QED) is 0.662. The van der Waals surface area contributed by atoms with Crippen molar-refractivity contribution in [3.63, 3.8) is 0 Å². The molecule has 0 atom stereocenters. The average molecular weight is 189 g/mol. The molecule has 1 amide bonds. The van der Waals surface area contributed by atoms with Gasteiger partial charge in [-0.15, -0.1) is 0 Å². The first kappa shape index (κ1) is 9.25. The fourth-order valence-electron chi connectivity index (χ4n) is 2.05. The number of rotatable bonds is 1. The molecule has 0 N–H and O–H groups in total. The number of hydrogen-bond donors (Lipinski definition) is 0. The summed E-state index contributed by atoms with van der Waals surface area (Å²) >= 11 is 0. The topological polar surface area (TPSA) is 20.3 Å². The number of fused-ring (bicyclic) bond motifs is 1. The van der Waals surface area contributed by atoms with Gasteiger partial charge >= 0.3 is 0 Å². The molecule has 0 saturated carbocycles. The van der Waals surface area contributed by atoms with E-state index in [0.29, 0.717) is 0 Å². The van der Waals surface area contributed by atoms with Crippen molar-refractivity contribution in [1.29, 1.82) is 0 Å². The second-order valence-electron chi connectivity index (χ2n) is 3.78. The van der Waals surface area contributed by atoms with Gasteiger partial charge in [0.15, 0.2) is 0 Å². The summed E-state index contributed by atoms with van der Waals surface area (Å²) in [5.41, 5.74) is 4.07. The third-order valence-corrected chi connectivity index (χ3v) is 2.91. The van der Waals surface area contributed by atoms with Crippen LogP contribution in [-0.4, -0.2) is 10.8 Å². The monoisotopic (exact) mass is 189 g/mol. The molecule has 1 aliphatic rings. The van der Waals surface area contributed by atoms with Gasteiger partial charge in [-0.1, -0.05) is 25.1 Å². The number of nitrogens with zero attached hydrogens (tertiary/aromatic N) is 1. The Morgan fingerprint density at radius 1 is 1.43 bits per heavy atom. The van der Waals surface area contributed by atoms with Crippen LogP contribution in [0.3, 0.4) is 0 Å². The van der Waals surface area contributed by atoms with Gasteiger partial charge < -0.3 is 4.90 Å². The molecule has 0 unspecified atom stereocenters. The summed E-state index contributed by atoms with van der Waals surface area (Å²) in [7, 11) is 0. The summed E-state index contributed by atoms with van der Waals surface area (Å²) in [4.78, 5) is 13.1. The van der Waals surface area contributed by atoms with Crippen molar-refractivity contribution in [3.8, 4) is 0 Å². The third kappa shape index (κ3) is 1.41. The second-order valence-corrected chi connectivity index (χ2v) is 3.78. The van der Waals surface area contributed by atoms with Crippen LogP contribution in [0, 0.1) is 0 Å². The summed E-state index contributed by atoms with van der Waals surface area (Å²) in [6.07, 6.45) is 1.05. The Bertz CT molecular complexity index is 371. The number of carbonyl (C=O) groups excluding carboxylic acids is 1. The van der Waals surface area contributed by atoms with E-state index in [4.69, 9.17) is 0 Å². The van der Waals surface area contributed by atoms with Gasteiger partial charge in [0.1, 0.15) is 0 Å². The highest BCUT2D eigenvalue weighted by Crippen LogP contribution is 2.26. The number of aryl methyl sites for hydroxylation is 1. The molecular formula is C12H15NO. The van der Waals surface area contributed by atoms with Gasteiger partial charge in [-0.3, -0.25) is 4.79 Å². The lowest BCUT2D eigenvalue weighted by atomic mass is 10.0. The predicted molar refractivity (Wildman–Crippen MR) is 55.7 cm³/mol. The lowest BCUT2D eigenvalue weighted by Crippen LogP contribution is -2.21. The van der Waals surface area contributed by atoms with Crippen molar-refractivity contribution < 1.29 is 4.79 Å². The van der Waals surface area contributed by atoms with E-state index in [1.807, 2.05) is 4.90 Å². The Morgan fingerprint density at radius 2 is 2.21 bits per heavy atom. The van der Waals surface area contributed by atoms with E-state index in [1.165, 1.54) is 16.7 Å². The second kappa shape index (κ2) is 3.45. The van der Waals surface area contributed by atoms with Crippen LogP contribution < -0.4 is 0 Å². The Kier molecular flexibility index (Phi) is 2.28. The van der Waals surface area contributed by atoms with Crippen molar-refractivity contribution in [2.75, 3.05) is 0 Å². The predicted octanol–water partition coefficient (Wildman–Crippen LogP) is 2.11. The molecule has 0 aromatic heterocycles. The third-order valence-electron chi connectivity index (χ3n) is 2.91. The van der Waals surface area contributed by atoms with E-state index in [2.05, 4.69) is 25.1 Å². The Labute approximate surface area is 84.5 Å². The smallest absolute Gasteiger partial charge is 0.220 e. The Hall–Kier alpha value is -1.31. The first-order valence-corrected chi connectivity index (χ1v) is 5.07. The molecule has 2 rings (SSSR count). The highest BCUT2D eigenvalue weighted by molar-refractivity contribution is 5.74. The maximum Gasteiger partial charge on any atom is 0.220 e. The molecule has 0 radical (unpaired) electrons. The summed E-state index contributed by atoms with van der Waals surface area (Å²) in [6.45, 7) is 5.39. The molecule has 1 aromatic carbocycles. The van der Waals surface area contributed by atoms with Crippen LogP contribution in [0.15, 0.2) is 18.2 Å². The standard InChI is InChI=1S/C12H15NO/c1-3-10-5-4-6-11-7-13(9(2)14)8-12(10)11/h4-6H,3,7-8H2,1-2H3. The van der Waals surface area contributed by atoms with Crippen LogP contribution in [0.25, 0.3) is 0 Å². The first-order valence-electron chi connectivity index (χ1n) is 5.07. The van der Waals surface area contributed by atoms with Crippen molar-refractivity contribution in [2.24, 2.45) is 0 Å². The van der Waals surface area contributed by atoms with E-state index in [1.54, 1.807) is 6.92 Å².